The first-order chi connectivity index (χ1) is 7.26. The van der Waals surface area contributed by atoms with Crippen LogP contribution in [-0.4, -0.2) is 12.8 Å². The van der Waals surface area contributed by atoms with E-state index in [0.29, 0.717) is 10.6 Å². The number of halogens is 1. The molecule has 0 saturated heterocycles. The molecular weight excluding hydrogens is 214 g/mol. The topological polar surface area (TPSA) is 65.8 Å². The summed E-state index contributed by atoms with van der Waals surface area (Å²) in [6, 6.07) is 5.01. The molecule has 0 heterocycles. The zero-order valence-corrected chi connectivity index (χ0v) is 8.55. The van der Waals surface area contributed by atoms with E-state index in [-0.39, 0.29) is 6.54 Å². The van der Waals surface area contributed by atoms with E-state index < -0.39 is 0 Å². The molecule has 1 aromatic rings. The number of carbonyl (C=O) groups is 1. The molecule has 0 aliphatic rings. The highest BCUT2D eigenvalue weighted by molar-refractivity contribution is 6.31. The first-order valence-electron chi connectivity index (χ1n) is 4.19. The molecule has 1 rings (SSSR count). The summed E-state index contributed by atoms with van der Waals surface area (Å²) in [5.74, 6) is 0. The third-order valence-corrected chi connectivity index (χ3v) is 1.86. The van der Waals surface area contributed by atoms with Gasteiger partial charge in [-0.05, 0) is 29.3 Å². The Morgan fingerprint density at radius 1 is 1.40 bits per heavy atom. The van der Waals surface area contributed by atoms with Crippen molar-refractivity contribution < 1.29 is 4.79 Å². The highest BCUT2D eigenvalue weighted by Gasteiger charge is 1.95. The molecule has 15 heavy (non-hydrogen) atoms. The van der Waals surface area contributed by atoms with Crippen molar-refractivity contribution in [3.05, 3.63) is 50.9 Å². The zero-order valence-electron chi connectivity index (χ0n) is 7.80. The predicted molar refractivity (Wildman–Crippen MR) is 59.9 cm³/mol. The lowest BCUT2D eigenvalue weighted by molar-refractivity contribution is 0.112. The molecule has 0 aliphatic heterocycles. The van der Waals surface area contributed by atoms with Gasteiger partial charge < -0.3 is 0 Å². The van der Waals surface area contributed by atoms with E-state index in [0.717, 1.165) is 11.8 Å². The van der Waals surface area contributed by atoms with E-state index in [2.05, 4.69) is 10.0 Å². The van der Waals surface area contributed by atoms with Crippen molar-refractivity contribution in [2.45, 2.75) is 0 Å². The summed E-state index contributed by atoms with van der Waals surface area (Å²) in [5, 5.41) is 3.85. The van der Waals surface area contributed by atoms with E-state index in [4.69, 9.17) is 17.1 Å². The molecule has 0 N–H and O–H groups in total. The Bertz CT molecular complexity index is 436. The Kier molecular flexibility index (Phi) is 4.41. The van der Waals surface area contributed by atoms with E-state index in [1.807, 2.05) is 0 Å². The van der Waals surface area contributed by atoms with Crippen LogP contribution in [0.2, 0.25) is 5.02 Å². The second-order valence-electron chi connectivity index (χ2n) is 2.75. The lowest BCUT2D eigenvalue weighted by Crippen LogP contribution is -1.82. The summed E-state index contributed by atoms with van der Waals surface area (Å²) in [4.78, 5) is 13.1. The zero-order chi connectivity index (χ0) is 11.1. The van der Waals surface area contributed by atoms with Gasteiger partial charge in [0.25, 0.3) is 0 Å². The Balaban J connectivity index is 2.84. The Hall–Kier alpha value is -1.77. The summed E-state index contributed by atoms with van der Waals surface area (Å²) in [7, 11) is 0. The van der Waals surface area contributed by atoms with Crippen molar-refractivity contribution in [1.82, 2.24) is 0 Å². The van der Waals surface area contributed by atoms with Gasteiger partial charge in [-0.25, -0.2) is 0 Å². The number of nitrogens with zero attached hydrogens (tertiary/aromatic N) is 3. The quantitative estimate of drug-likeness (QED) is 0.332. The van der Waals surface area contributed by atoms with Crippen molar-refractivity contribution in [3.63, 3.8) is 0 Å². The summed E-state index contributed by atoms with van der Waals surface area (Å²) >= 11 is 5.79. The second kappa shape index (κ2) is 5.86. The van der Waals surface area contributed by atoms with Gasteiger partial charge in [-0.3, -0.25) is 4.79 Å². The third kappa shape index (κ3) is 3.85. The monoisotopic (exact) mass is 221 g/mol. The molecule has 0 spiro atoms. The minimum absolute atomic E-state index is 0.277. The van der Waals surface area contributed by atoms with Gasteiger partial charge in [0.15, 0.2) is 0 Å². The molecule has 0 aliphatic carbocycles. The van der Waals surface area contributed by atoms with Crippen LogP contribution in [0, 0.1) is 0 Å². The van der Waals surface area contributed by atoms with Gasteiger partial charge in [0.2, 0.25) is 0 Å². The van der Waals surface area contributed by atoms with Crippen molar-refractivity contribution in [3.8, 4) is 0 Å². The highest BCUT2D eigenvalue weighted by Crippen LogP contribution is 2.15. The molecule has 0 atom stereocenters. The number of hydrogen-bond acceptors (Lipinski definition) is 2. The molecule has 0 saturated carbocycles. The van der Waals surface area contributed by atoms with Gasteiger partial charge in [0.05, 0.1) is 0 Å². The molecule has 0 amide bonds. The third-order valence-electron chi connectivity index (χ3n) is 1.64. The highest BCUT2D eigenvalue weighted by atomic mass is 35.5. The lowest BCUT2D eigenvalue weighted by Gasteiger charge is -1.96. The maximum atomic E-state index is 10.5. The van der Waals surface area contributed by atoms with E-state index in [9.17, 15) is 4.79 Å². The van der Waals surface area contributed by atoms with Gasteiger partial charge >= 0.3 is 0 Å². The van der Waals surface area contributed by atoms with Crippen LogP contribution in [0.15, 0.2) is 29.4 Å². The first-order valence-corrected chi connectivity index (χ1v) is 4.57. The molecule has 4 nitrogen and oxygen atoms in total. The molecule has 0 unspecified atom stereocenters. The number of azide groups is 1. The minimum atomic E-state index is 0.277. The van der Waals surface area contributed by atoms with Crippen LogP contribution in [0.25, 0.3) is 16.5 Å². The maximum absolute atomic E-state index is 10.5. The van der Waals surface area contributed by atoms with Crippen LogP contribution in [0.1, 0.15) is 15.9 Å². The molecule has 76 valence electrons. The number of rotatable bonds is 4. The normalized spacial score (nSPS) is 9.93. The van der Waals surface area contributed by atoms with Crippen molar-refractivity contribution in [2.75, 3.05) is 6.54 Å². The van der Waals surface area contributed by atoms with Crippen molar-refractivity contribution in [1.29, 1.82) is 0 Å². The lowest BCUT2D eigenvalue weighted by atomic mass is 10.1. The molecular formula is C10H8ClN3O. The van der Waals surface area contributed by atoms with Gasteiger partial charge in [-0.15, -0.1) is 0 Å². The van der Waals surface area contributed by atoms with Crippen LogP contribution >= 0.6 is 11.6 Å². The Morgan fingerprint density at radius 2 is 2.13 bits per heavy atom. The Morgan fingerprint density at radius 3 is 2.80 bits per heavy atom. The van der Waals surface area contributed by atoms with E-state index in [1.54, 1.807) is 30.4 Å². The van der Waals surface area contributed by atoms with Crippen LogP contribution in [0.4, 0.5) is 0 Å². The largest absolute Gasteiger partial charge is 0.298 e. The van der Waals surface area contributed by atoms with Crippen LogP contribution < -0.4 is 0 Å². The number of hydrogen-bond donors (Lipinski definition) is 0. The Labute approximate surface area is 91.8 Å². The number of aldehydes is 1. The van der Waals surface area contributed by atoms with Crippen LogP contribution in [0.3, 0.4) is 0 Å². The fourth-order valence-electron chi connectivity index (χ4n) is 1.07. The predicted octanol–water partition coefficient (Wildman–Crippen LogP) is 3.48. The van der Waals surface area contributed by atoms with Gasteiger partial charge in [0.1, 0.15) is 6.29 Å². The minimum Gasteiger partial charge on any atom is -0.298 e. The average Bonchev–Trinajstić information content (AvgIpc) is 2.23. The van der Waals surface area contributed by atoms with Crippen LogP contribution in [-0.2, 0) is 0 Å². The second-order valence-corrected chi connectivity index (χ2v) is 3.19. The molecule has 0 radical (unpaired) electrons. The number of benzene rings is 1. The molecule has 0 bridgehead atoms. The van der Waals surface area contributed by atoms with E-state index in [1.165, 1.54) is 0 Å². The fourth-order valence-corrected chi connectivity index (χ4v) is 1.32. The summed E-state index contributed by atoms with van der Waals surface area (Å²) in [6.07, 6.45) is 4.17. The summed E-state index contributed by atoms with van der Waals surface area (Å²) in [5.41, 5.74) is 9.37. The standard InChI is InChI=1S/C10H8ClN3O/c11-10-5-8(2-1-3-13-14-12)4-9(6-10)7-15/h1-2,4-7H,3H2. The van der Waals surface area contributed by atoms with Crippen LogP contribution in [0.5, 0.6) is 0 Å². The molecule has 1 aromatic carbocycles. The summed E-state index contributed by atoms with van der Waals surface area (Å²) < 4.78 is 0. The molecule has 0 aromatic heterocycles. The number of carbonyl (C=O) groups excluding carboxylic acids is 1. The molecule has 5 heteroatoms. The molecule has 0 fully saturated rings. The van der Waals surface area contributed by atoms with Gasteiger partial charge in [-0.1, -0.05) is 28.9 Å². The first kappa shape index (κ1) is 11.3. The van der Waals surface area contributed by atoms with Crippen molar-refractivity contribution in [2.24, 2.45) is 5.11 Å². The van der Waals surface area contributed by atoms with Gasteiger partial charge in [0, 0.05) is 22.0 Å². The SMILES string of the molecule is [N-]=[N+]=NCC=Cc1cc(Cl)cc(C=O)c1. The van der Waals surface area contributed by atoms with E-state index >= 15 is 0 Å². The maximum Gasteiger partial charge on any atom is 0.150 e. The average molecular weight is 222 g/mol. The summed E-state index contributed by atoms with van der Waals surface area (Å²) in [6.45, 7) is 0.277. The van der Waals surface area contributed by atoms with Gasteiger partial charge in [-0.2, -0.15) is 0 Å². The fraction of sp³-hybridized carbons (Fsp3) is 0.100. The van der Waals surface area contributed by atoms with Crippen molar-refractivity contribution >= 4 is 24.0 Å². The smallest absolute Gasteiger partial charge is 0.150 e.